The normalized spacial score (nSPS) is 19.6. The molecule has 0 spiro atoms. The zero-order valence-electron chi connectivity index (χ0n) is 14.4. The number of morpholine rings is 1. The minimum absolute atomic E-state index is 0.0414. The van der Waals surface area contributed by atoms with Crippen molar-refractivity contribution in [3.63, 3.8) is 0 Å². The van der Waals surface area contributed by atoms with Gasteiger partial charge in [-0.05, 0) is 12.5 Å². The summed E-state index contributed by atoms with van der Waals surface area (Å²) in [5, 5.41) is 7.84. The number of carbonyl (C=O) groups excluding carboxylic acids is 1. The van der Waals surface area contributed by atoms with Crippen LogP contribution >= 0.6 is 0 Å². The lowest BCUT2D eigenvalue weighted by molar-refractivity contribution is 0.0303. The monoisotopic (exact) mass is 333 g/mol. The second-order valence-electron chi connectivity index (χ2n) is 6.17. The molecule has 2 aliphatic rings. The molecule has 0 unspecified atom stereocenters. The van der Waals surface area contributed by atoms with Crippen LogP contribution in [0.5, 0.6) is 0 Å². The minimum Gasteiger partial charge on any atom is -0.378 e. The van der Waals surface area contributed by atoms with E-state index in [1.54, 1.807) is 6.20 Å². The summed E-state index contributed by atoms with van der Waals surface area (Å²) in [6, 6.07) is 0. The Hall–Kier alpha value is -1.86. The van der Waals surface area contributed by atoms with Gasteiger partial charge >= 0.3 is 0 Å². The second-order valence-corrected chi connectivity index (χ2v) is 6.17. The van der Waals surface area contributed by atoms with E-state index >= 15 is 0 Å². The number of nitrogens with zero attached hydrogens (tertiary/aromatic N) is 4. The van der Waals surface area contributed by atoms with Gasteiger partial charge in [-0.2, -0.15) is 5.10 Å². The van der Waals surface area contributed by atoms with Crippen LogP contribution in [0.3, 0.4) is 0 Å². The van der Waals surface area contributed by atoms with E-state index in [0.717, 1.165) is 44.8 Å². The molecular formula is C17H27N5O2. The maximum atomic E-state index is 12.6. The van der Waals surface area contributed by atoms with Crippen molar-refractivity contribution in [3.8, 4) is 0 Å². The Morgan fingerprint density at radius 2 is 2.00 bits per heavy atom. The smallest absolute Gasteiger partial charge is 0.257 e. The van der Waals surface area contributed by atoms with Crippen LogP contribution in [0.2, 0.25) is 0 Å². The SMILES string of the molecule is CCC/C=C(\N1CCNCC1)n1cc(C(=O)N2CCOCC2)cn1. The Bertz CT molecular complexity index is 571. The first kappa shape index (κ1) is 17.0. The standard InChI is InChI=1S/C17H27N5O2/c1-2-3-4-16(20-7-5-18-6-8-20)22-14-15(13-19-22)17(23)21-9-11-24-12-10-21/h4,13-14,18H,2-3,5-12H2,1H3/b16-4+. The molecule has 2 fully saturated rings. The van der Waals surface area contributed by atoms with Crippen molar-refractivity contribution in [1.29, 1.82) is 0 Å². The van der Waals surface area contributed by atoms with Crippen LogP contribution in [0.15, 0.2) is 18.5 Å². The third kappa shape index (κ3) is 3.96. The average Bonchev–Trinajstić information content (AvgIpc) is 3.13. The van der Waals surface area contributed by atoms with Crippen LogP contribution in [0, 0.1) is 0 Å². The first-order chi connectivity index (χ1) is 11.8. The van der Waals surface area contributed by atoms with Gasteiger partial charge in [0.15, 0.2) is 0 Å². The van der Waals surface area contributed by atoms with Crippen molar-refractivity contribution in [1.82, 2.24) is 24.9 Å². The number of unbranched alkanes of at least 4 members (excludes halogenated alkanes) is 1. The van der Waals surface area contributed by atoms with Crippen LogP contribution in [0.1, 0.15) is 30.1 Å². The van der Waals surface area contributed by atoms with Gasteiger partial charge < -0.3 is 19.9 Å². The Morgan fingerprint density at radius 3 is 2.71 bits per heavy atom. The summed E-state index contributed by atoms with van der Waals surface area (Å²) in [5.74, 6) is 1.12. The van der Waals surface area contributed by atoms with E-state index < -0.39 is 0 Å². The van der Waals surface area contributed by atoms with Gasteiger partial charge in [0.1, 0.15) is 5.82 Å². The van der Waals surface area contributed by atoms with Crippen molar-refractivity contribution in [3.05, 3.63) is 24.0 Å². The van der Waals surface area contributed by atoms with Gasteiger partial charge in [0.2, 0.25) is 0 Å². The van der Waals surface area contributed by atoms with Crippen molar-refractivity contribution >= 4 is 11.7 Å². The first-order valence-electron chi connectivity index (χ1n) is 8.87. The molecule has 0 atom stereocenters. The van der Waals surface area contributed by atoms with Crippen molar-refractivity contribution in [2.24, 2.45) is 0 Å². The van der Waals surface area contributed by atoms with E-state index in [9.17, 15) is 4.79 Å². The van der Waals surface area contributed by atoms with Gasteiger partial charge in [-0.15, -0.1) is 0 Å². The third-order valence-electron chi connectivity index (χ3n) is 4.42. The van der Waals surface area contributed by atoms with Crippen LogP contribution in [-0.4, -0.2) is 78.0 Å². The molecule has 1 aromatic heterocycles. The fraction of sp³-hybridized carbons (Fsp3) is 0.647. The van der Waals surface area contributed by atoms with E-state index in [1.807, 2.05) is 15.8 Å². The lowest BCUT2D eigenvalue weighted by Gasteiger charge is -2.31. The largest absolute Gasteiger partial charge is 0.378 e. The molecule has 2 saturated heterocycles. The number of amides is 1. The predicted molar refractivity (Wildman–Crippen MR) is 92.6 cm³/mol. The summed E-state index contributed by atoms with van der Waals surface area (Å²) in [4.78, 5) is 16.8. The number of allylic oxidation sites excluding steroid dienone is 1. The number of piperazine rings is 1. The number of nitrogens with one attached hydrogen (secondary N) is 1. The maximum absolute atomic E-state index is 12.6. The lowest BCUT2D eigenvalue weighted by Crippen LogP contribution is -2.43. The summed E-state index contributed by atoms with van der Waals surface area (Å²) >= 11 is 0. The van der Waals surface area contributed by atoms with E-state index in [4.69, 9.17) is 4.74 Å². The fourth-order valence-electron chi connectivity index (χ4n) is 3.04. The second kappa shape index (κ2) is 8.30. The third-order valence-corrected chi connectivity index (χ3v) is 4.42. The summed E-state index contributed by atoms with van der Waals surface area (Å²) in [6.07, 6.45) is 7.87. The van der Waals surface area contributed by atoms with Crippen LogP contribution in [0.25, 0.3) is 5.82 Å². The molecule has 0 aliphatic carbocycles. The highest BCUT2D eigenvalue weighted by Gasteiger charge is 2.21. The summed E-state index contributed by atoms with van der Waals surface area (Å²) in [6.45, 7) is 8.58. The fourth-order valence-corrected chi connectivity index (χ4v) is 3.04. The van der Waals surface area contributed by atoms with Crippen LogP contribution < -0.4 is 5.32 Å². The predicted octanol–water partition coefficient (Wildman–Crippen LogP) is 0.859. The quantitative estimate of drug-likeness (QED) is 0.866. The molecule has 1 aromatic rings. The van der Waals surface area contributed by atoms with Gasteiger partial charge in [0.25, 0.3) is 5.91 Å². The molecule has 7 nitrogen and oxygen atoms in total. The number of rotatable bonds is 5. The highest BCUT2D eigenvalue weighted by atomic mass is 16.5. The number of hydrogen-bond donors (Lipinski definition) is 1. The van der Waals surface area contributed by atoms with Crippen molar-refractivity contribution in [2.45, 2.75) is 19.8 Å². The van der Waals surface area contributed by atoms with Crippen molar-refractivity contribution in [2.75, 3.05) is 52.5 Å². The molecule has 0 saturated carbocycles. The molecule has 7 heteroatoms. The Kier molecular flexibility index (Phi) is 5.87. The topological polar surface area (TPSA) is 62.6 Å². The molecule has 0 aromatic carbocycles. The molecule has 3 rings (SSSR count). The molecule has 3 heterocycles. The summed E-state index contributed by atoms with van der Waals surface area (Å²) < 4.78 is 7.17. The average molecular weight is 333 g/mol. The zero-order valence-corrected chi connectivity index (χ0v) is 14.4. The van der Waals surface area contributed by atoms with E-state index in [2.05, 4.69) is 28.3 Å². The van der Waals surface area contributed by atoms with Gasteiger partial charge in [-0.25, -0.2) is 4.68 Å². The Balaban J connectivity index is 1.76. The van der Waals surface area contributed by atoms with Crippen LogP contribution in [0.4, 0.5) is 0 Å². The molecular weight excluding hydrogens is 306 g/mol. The highest BCUT2D eigenvalue weighted by molar-refractivity contribution is 5.94. The lowest BCUT2D eigenvalue weighted by atomic mass is 10.2. The summed E-state index contributed by atoms with van der Waals surface area (Å²) in [5.41, 5.74) is 0.648. The molecule has 24 heavy (non-hydrogen) atoms. The van der Waals surface area contributed by atoms with Crippen LogP contribution in [-0.2, 0) is 4.74 Å². The van der Waals surface area contributed by atoms with Gasteiger partial charge in [0, 0.05) is 45.5 Å². The number of hydrogen-bond acceptors (Lipinski definition) is 5. The number of aromatic nitrogens is 2. The zero-order chi connectivity index (χ0) is 16.8. The highest BCUT2D eigenvalue weighted by Crippen LogP contribution is 2.16. The van der Waals surface area contributed by atoms with Crippen molar-refractivity contribution < 1.29 is 9.53 Å². The number of carbonyl (C=O) groups is 1. The first-order valence-corrected chi connectivity index (χ1v) is 8.87. The van der Waals surface area contributed by atoms with Gasteiger partial charge in [-0.3, -0.25) is 4.79 Å². The van der Waals surface area contributed by atoms with E-state index in [0.29, 0.717) is 31.9 Å². The number of ether oxygens (including phenoxy) is 1. The van der Waals surface area contributed by atoms with E-state index in [1.165, 1.54) is 0 Å². The Labute approximate surface area is 143 Å². The molecule has 1 N–H and O–H groups in total. The maximum Gasteiger partial charge on any atom is 0.257 e. The minimum atomic E-state index is 0.0414. The molecule has 0 bridgehead atoms. The molecule has 0 radical (unpaired) electrons. The Morgan fingerprint density at radius 1 is 1.25 bits per heavy atom. The van der Waals surface area contributed by atoms with Gasteiger partial charge in [-0.1, -0.05) is 13.3 Å². The summed E-state index contributed by atoms with van der Waals surface area (Å²) in [7, 11) is 0. The molecule has 132 valence electrons. The molecule has 2 aliphatic heterocycles. The molecule has 1 amide bonds. The van der Waals surface area contributed by atoms with E-state index in [-0.39, 0.29) is 5.91 Å². The van der Waals surface area contributed by atoms with Gasteiger partial charge in [0.05, 0.1) is 25.0 Å².